The van der Waals surface area contributed by atoms with Gasteiger partial charge in [-0.15, -0.1) is 518 Å². The topological polar surface area (TPSA) is 0 Å². The van der Waals surface area contributed by atoms with Gasteiger partial charge in [-0.25, -0.2) is 0 Å². The van der Waals surface area contributed by atoms with Crippen LogP contribution in [0.2, 0.25) is 0 Å². The fourth-order valence-electron chi connectivity index (χ4n) is 7.12. The van der Waals surface area contributed by atoms with Gasteiger partial charge >= 0.3 is 0 Å². The first-order chi connectivity index (χ1) is 52.8. The molecule has 0 saturated heterocycles. The Hall–Kier alpha value is 50.5. The number of hydrogen-bond donors (Lipinski definition) is 0. The fraction of sp³-hybridized carbons (Fsp3) is 0. The van der Waals surface area contributed by atoms with Crippen molar-refractivity contribution in [3.8, 4) is 0 Å². The first kappa shape index (κ1) is 169. The quantitative estimate of drug-likeness (QED) is 0.0533. The molecular formula is H118P116V. The van der Waals surface area contributed by atoms with Crippen LogP contribution in [-0.4, -0.2) is 0 Å². The summed E-state index contributed by atoms with van der Waals surface area (Å²) < 4.78 is 0. The molecule has 0 spiro atoms. The average Bonchev–Trinajstić information content (AvgIpc) is 0.720. The van der Waals surface area contributed by atoms with Crippen molar-refractivity contribution in [1.82, 2.24) is 0 Å². The third-order valence-electron chi connectivity index (χ3n) is 10.3. The molecular weight excluding hydrogens is 3640 g/mol. The second-order valence-electron chi connectivity index (χ2n) is 18.5. The van der Waals surface area contributed by atoms with E-state index in [2.05, 4.69) is 518 Å². The summed E-state index contributed by atoms with van der Waals surface area (Å²) >= 11 is 0. The first-order valence-corrected chi connectivity index (χ1v) is 238. The van der Waals surface area contributed by atoms with Crippen molar-refractivity contribution >= 4 is 925 Å². The molecule has 0 aromatic carbocycles. The molecule has 0 aliphatic carbocycles. The maximum absolute atomic E-state index is 4.03. The van der Waals surface area contributed by atoms with E-state index < -0.39 is 384 Å². The van der Waals surface area contributed by atoms with Gasteiger partial charge in [0, 0.05) is 18.6 Å². The van der Waals surface area contributed by atoms with E-state index in [1.165, 1.54) is 0 Å². The summed E-state index contributed by atoms with van der Waals surface area (Å²) in [5, 5.41) is 0. The van der Waals surface area contributed by atoms with Crippen LogP contribution >= 0.6 is 925 Å². The fourth-order valence-corrected chi connectivity index (χ4v) is 1730. The molecule has 1 radical (unpaired) electrons. The second kappa shape index (κ2) is 93.8. The minimum absolute atomic E-state index is 0. The molecule has 0 aliphatic rings. The van der Waals surface area contributed by atoms with Crippen molar-refractivity contribution in [1.29, 1.82) is 0 Å². The van der Waals surface area contributed by atoms with E-state index in [-0.39, 0.29) is 25.5 Å². The Kier molecular flexibility index (Phi) is 136. The van der Waals surface area contributed by atoms with Crippen LogP contribution in [0.5, 0.6) is 0 Å². The van der Waals surface area contributed by atoms with Gasteiger partial charge in [-0.3, -0.25) is 0 Å². The van der Waals surface area contributed by atoms with Crippen LogP contribution in [0.15, 0.2) is 0 Å². The second-order valence-corrected chi connectivity index (χ2v) is 500. The molecule has 0 heterocycles. The molecule has 0 nitrogen and oxygen atoms in total. The van der Waals surface area contributed by atoms with Crippen molar-refractivity contribution in [2.45, 2.75) is 0 Å². The summed E-state index contributed by atoms with van der Waals surface area (Å²) in [6, 6.07) is 0. The van der Waals surface area contributed by atoms with E-state index in [1.54, 1.807) is 0 Å². The van der Waals surface area contributed by atoms with Gasteiger partial charge in [0.25, 0.3) is 0 Å². The molecule has 0 bridgehead atoms. The van der Waals surface area contributed by atoms with Crippen LogP contribution in [0, 0.1) is 0 Å². The maximum Gasteiger partial charge on any atom is 0 e. The zero-order chi connectivity index (χ0) is 91.7. The van der Waals surface area contributed by atoms with E-state index in [0.29, 0.717) is 0 Å². The SMILES string of the molecule is PPP(P)P(P(P(P)P)P(P)P)P(P(PP(P(P(P(P(P)P)P(P)P)P(P(P)P)P(P)P)P(P(P(P)P)P(P)P)P(P(P)P)P(P)P)P(P(P(P(P)P)P(P)P)P(P(P)P)P(P)P)P(P(P(P)P)P(P)P)P(P(P)P)P(P)P)P(P(P(P(P)P)P(P)P)P(P(P)P)P(P)P)P(P(P(P)P)P(P)P)P(P(P)P)P(P)P)P(P(P)P)P(P)P.[V]. The van der Waals surface area contributed by atoms with Crippen molar-refractivity contribution in [2.24, 2.45) is 0 Å². The van der Waals surface area contributed by atoms with Gasteiger partial charge in [-0.2, -0.15) is 0 Å². The summed E-state index contributed by atoms with van der Waals surface area (Å²) in [6.45, 7) is -26.2. The monoisotopic (exact) mass is 3760 g/mol. The van der Waals surface area contributed by atoms with Gasteiger partial charge in [0.15, 0.2) is 0 Å². The predicted octanol–water partition coefficient (Wildman–Crippen LogP) is 68.3. The summed E-state index contributed by atoms with van der Waals surface area (Å²) in [6.07, 6.45) is 0. The molecule has 117 heavy (non-hydrogen) atoms. The van der Waals surface area contributed by atoms with Gasteiger partial charge in [-0.05, 0) is 399 Å². The zero-order valence-corrected chi connectivity index (χ0v) is 180. The minimum Gasteiger partial charge on any atom is -0.109 e. The van der Waals surface area contributed by atoms with Crippen molar-refractivity contribution in [3.05, 3.63) is 0 Å². The van der Waals surface area contributed by atoms with Crippen LogP contribution < -0.4 is 0 Å². The molecule has 0 aromatic heterocycles. The molecule has 0 fully saturated rings. The number of hydrogen-bond acceptors (Lipinski definition) is 0. The molecule has 0 aromatic rings. The van der Waals surface area contributed by atoms with Gasteiger partial charge in [-0.1, -0.05) is 7.96 Å². The van der Waals surface area contributed by atoms with E-state index in [4.69, 9.17) is 0 Å². The molecule has 0 saturated carbocycles. The molecule has 0 amide bonds. The summed E-state index contributed by atoms with van der Waals surface area (Å²) in [5.41, 5.74) is 0. The van der Waals surface area contributed by atoms with Crippen LogP contribution in [-0.2, 0) is 18.6 Å². The molecule has 64 unspecified atom stereocenters. The van der Waals surface area contributed by atoms with E-state index >= 15 is 0 Å². The Balaban J connectivity index is 0. The van der Waals surface area contributed by atoms with E-state index in [1.807, 2.05) is 0 Å². The molecule has 703 valence electrons. The van der Waals surface area contributed by atoms with Crippen LogP contribution in [0.1, 0.15) is 0 Å². The van der Waals surface area contributed by atoms with Gasteiger partial charge in [0.2, 0.25) is 0 Å². The maximum atomic E-state index is 4.03. The summed E-state index contributed by atoms with van der Waals surface area (Å²) in [4.78, 5) is 0. The van der Waals surface area contributed by atoms with E-state index in [0.717, 1.165) is 15.9 Å². The molecule has 0 rings (SSSR count). The normalized spacial score (nSPS) is 15.7. The Morgan fingerprint density at radius 2 is 0.179 bits per heavy atom. The van der Waals surface area contributed by atoms with Crippen molar-refractivity contribution in [2.75, 3.05) is 0 Å². The third kappa shape index (κ3) is 60.7. The van der Waals surface area contributed by atoms with E-state index in [9.17, 15) is 0 Å². The number of rotatable bonds is 57. The Morgan fingerprint density at radius 1 is 0.103 bits per heavy atom. The standard InChI is InChI=1S/H118P116.V/c1-59-89(58)106(92(61(2)3)62(4)5)107(93(63(6)7)64(8)9)90(108(111(94(65(10)11)66(12)13)95(67(14)15)68(16)17)112(96(69(18)19)70(20)21)97(71(22)23)72(24)25)60-91(109(113(98(73(26)27)74(28)29)99(75(30)31)76(32)33)114(100(77(34)35)78(36)37)101(79(38)39)80(40)41)110(115(102(81(42)43)82(44)45)103(83(46)47)84(48)49)116(104(85(50)51)86(52)53)105(87(54)55)88(56)57;/h59-60H,1-58H2;. The van der Waals surface area contributed by atoms with Gasteiger partial charge in [0.1, 0.15) is 0 Å². The van der Waals surface area contributed by atoms with Crippen molar-refractivity contribution < 1.29 is 18.6 Å². The van der Waals surface area contributed by atoms with Crippen LogP contribution in [0.4, 0.5) is 0 Å². The Morgan fingerprint density at radius 3 is 0.265 bits per heavy atom. The first-order valence-electron chi connectivity index (χ1n) is 26.5. The smallest absolute Gasteiger partial charge is 0 e. The Labute approximate surface area is 927 Å². The van der Waals surface area contributed by atoms with Gasteiger partial charge in [0.05, 0.1) is 0 Å². The zero-order valence-electron chi connectivity index (χ0n) is 60.0. The molecule has 117 heteroatoms. The molecule has 0 N–H and O–H groups in total. The largest absolute Gasteiger partial charge is 0.109 e. The van der Waals surface area contributed by atoms with Crippen LogP contribution in [0.3, 0.4) is 0 Å². The predicted molar refractivity (Wildman–Crippen MR) is 967 cm³/mol. The van der Waals surface area contributed by atoms with Gasteiger partial charge < -0.3 is 0 Å². The van der Waals surface area contributed by atoms with Crippen LogP contribution in [0.25, 0.3) is 0 Å². The average molecular weight is 3760 g/mol. The summed E-state index contributed by atoms with van der Waals surface area (Å²) in [5.74, 6) is 0. The van der Waals surface area contributed by atoms with Crippen molar-refractivity contribution in [3.63, 3.8) is 0 Å². The summed E-state index contributed by atoms with van der Waals surface area (Å²) in [7, 11) is 224. The minimum atomic E-state index is -0.672. The Bertz CT molecular complexity index is 2020. The molecule has 64 atom stereocenters. The molecule has 0 aliphatic heterocycles. The third-order valence-corrected chi connectivity index (χ3v) is 836.